The van der Waals surface area contributed by atoms with Crippen LogP contribution in [0.4, 0.5) is 11.4 Å². The highest BCUT2D eigenvalue weighted by molar-refractivity contribution is 7.68. The van der Waals surface area contributed by atoms with E-state index >= 15 is 4.57 Å². The molecule has 0 radical (unpaired) electrons. The zero-order valence-electron chi connectivity index (χ0n) is 17.6. The Morgan fingerprint density at radius 2 is 1.32 bits per heavy atom. The molecule has 1 atom stereocenters. The van der Waals surface area contributed by atoms with Crippen LogP contribution in [0.3, 0.4) is 0 Å². The van der Waals surface area contributed by atoms with Crippen LogP contribution in [0.1, 0.15) is 23.5 Å². The number of rotatable bonds is 5. The molecule has 6 heteroatoms. The summed E-state index contributed by atoms with van der Waals surface area (Å²) in [6.45, 7) is 7.49. The number of likely N-dealkylation sites (tertiary alicyclic amines) is 1. The molecule has 4 nitrogen and oxygen atoms in total. The van der Waals surface area contributed by atoms with Gasteiger partial charge in [0, 0.05) is 42.4 Å². The largest absolute Gasteiger partial charge is 0.304 e. The zero-order valence-corrected chi connectivity index (χ0v) is 19.3. The van der Waals surface area contributed by atoms with Crippen LogP contribution in [0, 0.1) is 0 Å². The number of para-hydroxylation sites is 2. The molecule has 3 heterocycles. The van der Waals surface area contributed by atoms with Gasteiger partial charge in [-0.1, -0.05) is 54.6 Å². The summed E-state index contributed by atoms with van der Waals surface area (Å²) in [7, 11) is -3.05. The Hall–Kier alpha value is -2.33. The van der Waals surface area contributed by atoms with E-state index in [0.29, 0.717) is 0 Å². The van der Waals surface area contributed by atoms with Crippen molar-refractivity contribution >= 4 is 30.2 Å². The predicted octanol–water partition coefficient (Wildman–Crippen LogP) is 6.62. The Labute approximate surface area is 188 Å². The van der Waals surface area contributed by atoms with Crippen LogP contribution in [0.25, 0.3) is 0 Å². The second-order valence-corrected chi connectivity index (χ2v) is 11.8. The SMILES string of the molecule is C=C1CCN(C(c2cccs2)P2(=O)N(c3ccccc3)CCN2c2ccccc2)CC1. The monoisotopic (exact) mass is 449 g/mol. The molecule has 0 bridgehead atoms. The van der Waals surface area contributed by atoms with Crippen molar-refractivity contribution in [2.45, 2.75) is 18.6 Å². The molecule has 0 N–H and O–H groups in total. The lowest BCUT2D eigenvalue weighted by molar-refractivity contribution is 0.234. The minimum atomic E-state index is -3.05. The van der Waals surface area contributed by atoms with Crippen molar-refractivity contribution in [3.05, 3.63) is 95.2 Å². The third-order valence-electron chi connectivity index (χ3n) is 6.29. The number of benzene rings is 2. The van der Waals surface area contributed by atoms with Gasteiger partial charge in [-0.25, -0.2) is 0 Å². The summed E-state index contributed by atoms with van der Waals surface area (Å²) in [5.41, 5.74) is 3.37. The molecule has 1 unspecified atom stereocenters. The first-order chi connectivity index (χ1) is 15.2. The van der Waals surface area contributed by atoms with Crippen molar-refractivity contribution in [2.75, 3.05) is 35.5 Å². The van der Waals surface area contributed by atoms with Crippen LogP contribution < -0.4 is 9.34 Å². The fourth-order valence-electron chi connectivity index (χ4n) is 4.74. The number of nitrogens with zero attached hydrogens (tertiary/aromatic N) is 3. The van der Waals surface area contributed by atoms with Crippen LogP contribution >= 0.6 is 18.8 Å². The highest BCUT2D eigenvalue weighted by Gasteiger charge is 2.52. The van der Waals surface area contributed by atoms with Gasteiger partial charge in [0.1, 0.15) is 5.78 Å². The summed E-state index contributed by atoms with van der Waals surface area (Å²) in [6.07, 6.45) is 1.94. The highest BCUT2D eigenvalue weighted by Crippen LogP contribution is 2.70. The molecule has 31 heavy (non-hydrogen) atoms. The second-order valence-electron chi connectivity index (χ2n) is 8.18. The van der Waals surface area contributed by atoms with E-state index in [1.807, 2.05) is 36.4 Å². The summed E-state index contributed by atoms with van der Waals surface area (Å²) < 4.78 is 19.8. The lowest BCUT2D eigenvalue weighted by Gasteiger charge is -2.44. The average Bonchev–Trinajstić information content (AvgIpc) is 3.45. The fourth-order valence-corrected chi connectivity index (χ4v) is 9.62. The standard InChI is InChI=1S/C25H28N3OPS/c1-21-14-16-26(17-15-21)25(24-13-8-20-31-24)30(29)27(22-9-4-2-5-10-22)18-19-28(30)23-11-6-3-7-12-23/h2-13,20,25H,1,14-19H2. The second kappa shape index (κ2) is 8.66. The van der Waals surface area contributed by atoms with Gasteiger partial charge in [0.15, 0.2) is 0 Å². The Bertz CT molecular complexity index is 1010. The van der Waals surface area contributed by atoms with Crippen molar-refractivity contribution in [3.8, 4) is 0 Å². The van der Waals surface area contributed by atoms with Crippen molar-refractivity contribution in [1.29, 1.82) is 0 Å². The van der Waals surface area contributed by atoms with Gasteiger partial charge in [-0.15, -0.1) is 11.3 Å². The third-order valence-corrected chi connectivity index (χ3v) is 10.9. The minimum Gasteiger partial charge on any atom is -0.304 e. The van der Waals surface area contributed by atoms with E-state index in [2.05, 4.69) is 62.6 Å². The molecule has 5 rings (SSSR count). The Balaban J connectivity index is 1.66. The molecule has 2 aliphatic rings. The molecule has 0 aliphatic carbocycles. The minimum absolute atomic E-state index is 0.163. The van der Waals surface area contributed by atoms with Gasteiger partial charge in [0.2, 0.25) is 0 Å². The first-order valence-electron chi connectivity index (χ1n) is 10.9. The Morgan fingerprint density at radius 1 is 0.774 bits per heavy atom. The van der Waals surface area contributed by atoms with Gasteiger partial charge in [-0.3, -0.25) is 9.46 Å². The lowest BCUT2D eigenvalue weighted by atomic mass is 10.1. The zero-order chi connectivity index (χ0) is 21.3. The van der Waals surface area contributed by atoms with Gasteiger partial charge in [-0.05, 0) is 48.6 Å². The Morgan fingerprint density at radius 3 is 1.81 bits per heavy atom. The highest BCUT2D eigenvalue weighted by atomic mass is 32.1. The molecule has 2 aliphatic heterocycles. The maximum Gasteiger partial charge on any atom is 0.285 e. The smallest absolute Gasteiger partial charge is 0.285 e. The first-order valence-corrected chi connectivity index (χ1v) is 13.4. The summed E-state index contributed by atoms with van der Waals surface area (Å²) in [6, 6.07) is 24.8. The quantitative estimate of drug-likeness (QED) is 0.323. The summed E-state index contributed by atoms with van der Waals surface area (Å²) in [4.78, 5) is 3.62. The predicted molar refractivity (Wildman–Crippen MR) is 132 cm³/mol. The van der Waals surface area contributed by atoms with Gasteiger partial charge < -0.3 is 9.34 Å². The van der Waals surface area contributed by atoms with Crippen molar-refractivity contribution in [3.63, 3.8) is 0 Å². The number of thiophene rings is 1. The Kier molecular flexibility index (Phi) is 5.75. The van der Waals surface area contributed by atoms with Gasteiger partial charge in [0.25, 0.3) is 7.44 Å². The van der Waals surface area contributed by atoms with Gasteiger partial charge in [-0.2, -0.15) is 0 Å². The fraction of sp³-hybridized carbons (Fsp3) is 0.280. The number of hydrogen-bond acceptors (Lipinski definition) is 3. The van der Waals surface area contributed by atoms with Crippen molar-refractivity contribution < 1.29 is 4.57 Å². The van der Waals surface area contributed by atoms with Crippen LogP contribution in [0.5, 0.6) is 0 Å². The maximum atomic E-state index is 15.5. The molecule has 2 aromatic carbocycles. The molecule has 2 fully saturated rings. The van der Waals surface area contributed by atoms with Gasteiger partial charge >= 0.3 is 0 Å². The van der Waals surface area contributed by atoms with Gasteiger partial charge in [0.05, 0.1) is 0 Å². The average molecular weight is 450 g/mol. The van der Waals surface area contributed by atoms with Crippen LogP contribution in [0.2, 0.25) is 0 Å². The van der Waals surface area contributed by atoms with E-state index in [1.54, 1.807) is 11.3 Å². The van der Waals surface area contributed by atoms with E-state index in [4.69, 9.17) is 0 Å². The molecule has 160 valence electrons. The molecule has 2 saturated heterocycles. The third kappa shape index (κ3) is 3.76. The van der Waals surface area contributed by atoms with E-state index in [0.717, 1.165) is 50.4 Å². The van der Waals surface area contributed by atoms with E-state index in [9.17, 15) is 0 Å². The number of hydrogen-bond donors (Lipinski definition) is 0. The maximum absolute atomic E-state index is 15.5. The molecular formula is C25H28N3OPS. The summed E-state index contributed by atoms with van der Waals surface area (Å²) >= 11 is 1.72. The topological polar surface area (TPSA) is 26.8 Å². The summed E-state index contributed by atoms with van der Waals surface area (Å²) in [5.74, 6) is -0.163. The van der Waals surface area contributed by atoms with E-state index in [-0.39, 0.29) is 5.78 Å². The molecule has 1 aromatic heterocycles. The van der Waals surface area contributed by atoms with E-state index in [1.165, 1.54) is 10.5 Å². The van der Waals surface area contributed by atoms with E-state index < -0.39 is 7.44 Å². The first kappa shape index (κ1) is 20.6. The molecule has 0 saturated carbocycles. The molecule has 0 amide bonds. The lowest BCUT2D eigenvalue weighted by Crippen LogP contribution is -2.38. The van der Waals surface area contributed by atoms with Crippen molar-refractivity contribution in [2.24, 2.45) is 0 Å². The normalized spacial score (nSPS) is 20.2. The molecule has 0 spiro atoms. The molecule has 3 aromatic rings. The van der Waals surface area contributed by atoms with Crippen LogP contribution in [-0.2, 0) is 4.57 Å². The number of anilines is 2. The summed E-state index contributed by atoms with van der Waals surface area (Å²) in [5, 5.41) is 2.10. The van der Waals surface area contributed by atoms with Crippen LogP contribution in [0.15, 0.2) is 90.3 Å². The van der Waals surface area contributed by atoms with Crippen molar-refractivity contribution in [1.82, 2.24) is 4.90 Å². The molecular weight excluding hydrogens is 421 g/mol. The number of piperidine rings is 1. The van der Waals surface area contributed by atoms with Crippen LogP contribution in [-0.4, -0.2) is 31.1 Å².